The van der Waals surface area contributed by atoms with Crippen LogP contribution in [0.1, 0.15) is 18.4 Å². The first-order chi connectivity index (χ1) is 14.7. The molecule has 31 heavy (non-hydrogen) atoms. The van der Waals surface area contributed by atoms with Gasteiger partial charge in [0, 0.05) is 15.7 Å². The Morgan fingerprint density at radius 1 is 1.00 bits per heavy atom. The third kappa shape index (κ3) is 4.55. The fourth-order valence-electron chi connectivity index (χ4n) is 3.39. The molecule has 1 amide bonds. The molecule has 0 unspecified atom stereocenters. The average molecular weight is 477 g/mol. The first-order valence-corrected chi connectivity index (χ1v) is 11.7. The number of hydrogen-bond donors (Lipinski definition) is 2. The topological polar surface area (TPSA) is 98.5 Å². The summed E-state index contributed by atoms with van der Waals surface area (Å²) in [6.07, 6.45) is 1.31. The van der Waals surface area contributed by atoms with Gasteiger partial charge in [-0.1, -0.05) is 47.5 Å². The van der Waals surface area contributed by atoms with Gasteiger partial charge in [0.15, 0.2) is 0 Å². The van der Waals surface area contributed by atoms with Gasteiger partial charge in [0.25, 0.3) is 0 Å². The van der Waals surface area contributed by atoms with Crippen molar-refractivity contribution in [2.75, 3.05) is 5.32 Å². The quantitative estimate of drug-likeness (QED) is 0.516. The van der Waals surface area contributed by atoms with Crippen LogP contribution in [0.4, 0.5) is 5.69 Å². The minimum absolute atomic E-state index is 0.0232. The van der Waals surface area contributed by atoms with Crippen molar-refractivity contribution in [3.63, 3.8) is 0 Å². The van der Waals surface area contributed by atoms with Crippen LogP contribution < -0.4 is 15.2 Å². The van der Waals surface area contributed by atoms with Gasteiger partial charge < -0.3 is 10.1 Å². The van der Waals surface area contributed by atoms with Crippen LogP contribution in [-0.4, -0.2) is 14.3 Å². The van der Waals surface area contributed by atoms with Crippen molar-refractivity contribution < 1.29 is 17.9 Å². The van der Waals surface area contributed by atoms with Gasteiger partial charge in [-0.05, 0) is 60.9 Å². The number of carbonyl (C=O) groups excluding carboxylic acids is 1. The third-order valence-corrected chi connectivity index (χ3v) is 6.60. The van der Waals surface area contributed by atoms with Crippen molar-refractivity contribution in [2.45, 2.75) is 23.2 Å². The second kappa shape index (κ2) is 8.16. The molecule has 4 rings (SSSR count). The predicted molar refractivity (Wildman–Crippen MR) is 120 cm³/mol. The highest BCUT2D eigenvalue weighted by Gasteiger charge is 2.52. The van der Waals surface area contributed by atoms with E-state index in [0.717, 1.165) is 5.56 Å². The summed E-state index contributed by atoms with van der Waals surface area (Å²) < 4.78 is 30.0. The number of hydrogen-bond acceptors (Lipinski definition) is 4. The number of nitrogens with two attached hydrogens (primary N) is 1. The molecule has 0 heterocycles. The number of rotatable bonds is 6. The van der Waals surface area contributed by atoms with Crippen molar-refractivity contribution >= 4 is 44.8 Å². The molecule has 3 N–H and O–H groups in total. The van der Waals surface area contributed by atoms with Crippen molar-refractivity contribution in [2.24, 2.45) is 5.14 Å². The zero-order valence-electron chi connectivity index (χ0n) is 16.1. The Labute approximate surface area is 190 Å². The maximum absolute atomic E-state index is 13.0. The van der Waals surface area contributed by atoms with Crippen LogP contribution in [0.2, 0.25) is 10.0 Å². The van der Waals surface area contributed by atoms with E-state index in [9.17, 15) is 13.2 Å². The molecule has 1 aliphatic rings. The van der Waals surface area contributed by atoms with Gasteiger partial charge in [-0.2, -0.15) is 0 Å². The Kier molecular flexibility index (Phi) is 5.70. The van der Waals surface area contributed by atoms with Gasteiger partial charge in [-0.25, -0.2) is 13.6 Å². The number of amides is 1. The summed E-state index contributed by atoms with van der Waals surface area (Å²) in [5.74, 6) is 0.115. The van der Waals surface area contributed by atoms with Gasteiger partial charge in [-0.3, -0.25) is 4.79 Å². The third-order valence-electron chi connectivity index (χ3n) is 5.11. The minimum atomic E-state index is -4.13. The number of sulfonamides is 1. The average Bonchev–Trinajstić information content (AvgIpc) is 3.51. The van der Waals surface area contributed by atoms with E-state index in [0.29, 0.717) is 28.6 Å². The molecule has 0 saturated heterocycles. The van der Waals surface area contributed by atoms with Gasteiger partial charge in [0.05, 0.1) is 5.41 Å². The highest BCUT2D eigenvalue weighted by atomic mass is 35.5. The predicted octanol–water partition coefficient (Wildman–Crippen LogP) is 5.10. The first-order valence-electron chi connectivity index (χ1n) is 9.36. The molecule has 3 aromatic rings. The largest absolute Gasteiger partial charge is 0.456 e. The molecule has 3 aromatic carbocycles. The van der Waals surface area contributed by atoms with E-state index in [1.54, 1.807) is 42.5 Å². The second-order valence-electron chi connectivity index (χ2n) is 7.28. The maximum atomic E-state index is 13.0. The smallest absolute Gasteiger partial charge is 0.241 e. The normalized spacial score (nSPS) is 14.7. The molecule has 0 aromatic heterocycles. The molecular weight excluding hydrogens is 459 g/mol. The van der Waals surface area contributed by atoms with Crippen LogP contribution in [0.15, 0.2) is 71.6 Å². The van der Waals surface area contributed by atoms with Crippen molar-refractivity contribution in [3.8, 4) is 11.5 Å². The molecule has 0 aliphatic heterocycles. The van der Waals surface area contributed by atoms with Crippen LogP contribution in [0, 0.1) is 0 Å². The maximum Gasteiger partial charge on any atom is 0.241 e. The highest BCUT2D eigenvalue weighted by Crippen LogP contribution is 2.51. The van der Waals surface area contributed by atoms with Crippen LogP contribution in [0.3, 0.4) is 0 Å². The summed E-state index contributed by atoms with van der Waals surface area (Å²) in [6.45, 7) is 0. The minimum Gasteiger partial charge on any atom is -0.456 e. The molecule has 0 radical (unpaired) electrons. The Morgan fingerprint density at radius 3 is 2.39 bits per heavy atom. The van der Waals surface area contributed by atoms with E-state index in [2.05, 4.69) is 5.32 Å². The Hall–Kier alpha value is -2.58. The molecule has 1 saturated carbocycles. The first kappa shape index (κ1) is 21.6. The van der Waals surface area contributed by atoms with Crippen molar-refractivity contribution in [1.82, 2.24) is 0 Å². The van der Waals surface area contributed by atoms with Crippen LogP contribution >= 0.6 is 23.2 Å². The lowest BCUT2D eigenvalue weighted by atomic mass is 9.95. The molecule has 160 valence electrons. The number of anilines is 1. The number of primary sulfonamides is 1. The SMILES string of the molecule is NS(=O)(=O)c1cc(NC(=O)C2(c3ccccc3Cl)CC2)ccc1Oc1cccc(Cl)c1. The second-order valence-corrected chi connectivity index (χ2v) is 9.66. The van der Waals surface area contributed by atoms with E-state index in [-0.39, 0.29) is 22.2 Å². The van der Waals surface area contributed by atoms with Gasteiger partial charge in [0.2, 0.25) is 15.9 Å². The fraction of sp³-hybridized carbons (Fsp3) is 0.136. The van der Waals surface area contributed by atoms with Gasteiger partial charge in [0.1, 0.15) is 16.4 Å². The number of carbonyl (C=O) groups is 1. The van der Waals surface area contributed by atoms with Crippen LogP contribution in [0.5, 0.6) is 11.5 Å². The Balaban J connectivity index is 1.63. The zero-order chi connectivity index (χ0) is 22.2. The highest BCUT2D eigenvalue weighted by molar-refractivity contribution is 7.89. The summed E-state index contributed by atoms with van der Waals surface area (Å²) >= 11 is 12.2. The van der Waals surface area contributed by atoms with Gasteiger partial charge in [-0.15, -0.1) is 0 Å². The van der Waals surface area contributed by atoms with Gasteiger partial charge >= 0.3 is 0 Å². The molecule has 0 bridgehead atoms. The summed E-state index contributed by atoms with van der Waals surface area (Å²) in [5.41, 5.74) is 0.309. The molecule has 0 spiro atoms. The molecule has 1 aliphatic carbocycles. The summed E-state index contributed by atoms with van der Waals surface area (Å²) in [7, 11) is -4.13. The van der Waals surface area contributed by atoms with Crippen molar-refractivity contribution in [1.29, 1.82) is 0 Å². The Bertz CT molecular complexity index is 1270. The fourth-order valence-corrected chi connectivity index (χ4v) is 4.57. The van der Waals surface area contributed by atoms with E-state index in [1.165, 1.54) is 12.1 Å². The molecular formula is C22H18Cl2N2O4S. The van der Waals surface area contributed by atoms with E-state index >= 15 is 0 Å². The van der Waals surface area contributed by atoms with E-state index in [4.69, 9.17) is 33.1 Å². The number of benzene rings is 3. The lowest BCUT2D eigenvalue weighted by molar-refractivity contribution is -0.118. The lowest BCUT2D eigenvalue weighted by Gasteiger charge is -2.18. The number of ether oxygens (including phenoxy) is 1. The lowest BCUT2D eigenvalue weighted by Crippen LogP contribution is -2.28. The Morgan fingerprint density at radius 2 is 1.74 bits per heavy atom. The van der Waals surface area contributed by atoms with Crippen LogP contribution in [-0.2, 0) is 20.2 Å². The van der Waals surface area contributed by atoms with E-state index < -0.39 is 15.4 Å². The van der Waals surface area contributed by atoms with E-state index in [1.807, 2.05) is 12.1 Å². The zero-order valence-corrected chi connectivity index (χ0v) is 18.5. The van der Waals surface area contributed by atoms with Crippen molar-refractivity contribution in [3.05, 3.63) is 82.3 Å². The summed E-state index contributed by atoms with van der Waals surface area (Å²) in [4.78, 5) is 12.8. The molecule has 9 heteroatoms. The monoisotopic (exact) mass is 476 g/mol. The number of halogens is 2. The molecule has 1 fully saturated rings. The standard InChI is InChI=1S/C22H18Cl2N2O4S/c23-14-4-3-5-16(12-14)30-19-9-8-15(13-20(19)31(25,28)29)26-21(27)22(10-11-22)17-6-1-2-7-18(17)24/h1-9,12-13H,10-11H2,(H,26,27)(H2,25,28,29). The summed E-state index contributed by atoms with van der Waals surface area (Å²) in [5, 5.41) is 9.13. The number of nitrogens with one attached hydrogen (secondary N) is 1. The molecule has 0 atom stereocenters. The molecule has 6 nitrogen and oxygen atoms in total. The summed E-state index contributed by atoms with van der Waals surface area (Å²) in [6, 6.07) is 18.0. The van der Waals surface area contributed by atoms with Crippen LogP contribution in [0.25, 0.3) is 0 Å².